The Labute approximate surface area is 215 Å². The first-order valence-electron chi connectivity index (χ1n) is 11.8. The van der Waals surface area contributed by atoms with Gasteiger partial charge in [0.25, 0.3) is 10.0 Å². The Kier molecular flexibility index (Phi) is 8.40. The molecule has 1 atom stereocenters. The average Bonchev–Trinajstić information content (AvgIpc) is 3.27. The van der Waals surface area contributed by atoms with E-state index in [1.54, 1.807) is 22.9 Å². The molecule has 6 nitrogen and oxygen atoms in total. The van der Waals surface area contributed by atoms with Gasteiger partial charge < -0.3 is 5.11 Å². The normalized spacial score (nSPS) is 13.8. The van der Waals surface area contributed by atoms with Gasteiger partial charge in [-0.15, -0.1) is 0 Å². The second-order valence-corrected chi connectivity index (χ2v) is 11.5. The number of nitrogens with zero attached hydrogens (tertiary/aromatic N) is 3. The summed E-state index contributed by atoms with van der Waals surface area (Å²) in [5.41, 5.74) is -3.58. The molecule has 198 valence electrons. The molecule has 37 heavy (non-hydrogen) atoms. The van der Waals surface area contributed by atoms with Gasteiger partial charge in [-0.05, 0) is 42.0 Å². The highest BCUT2D eigenvalue weighted by Gasteiger charge is 2.54. The minimum atomic E-state index is -5.11. The molecule has 0 aliphatic carbocycles. The summed E-state index contributed by atoms with van der Waals surface area (Å²) in [7, 11) is -3.97. The van der Waals surface area contributed by atoms with Crippen molar-refractivity contribution in [3.8, 4) is 11.8 Å². The largest absolute Gasteiger partial charge is 0.433 e. The van der Waals surface area contributed by atoms with Crippen LogP contribution in [0.5, 0.6) is 0 Å². The molecule has 0 bridgehead atoms. The van der Waals surface area contributed by atoms with E-state index in [1.807, 2.05) is 33.6 Å². The van der Waals surface area contributed by atoms with Gasteiger partial charge in [0, 0.05) is 24.8 Å². The summed E-state index contributed by atoms with van der Waals surface area (Å²) in [4.78, 5) is 0.0652. The molecule has 0 amide bonds. The maximum absolute atomic E-state index is 14.0. The molecule has 1 aromatic heterocycles. The molecule has 1 unspecified atom stereocenters. The van der Waals surface area contributed by atoms with E-state index in [-0.39, 0.29) is 34.5 Å². The van der Waals surface area contributed by atoms with Gasteiger partial charge in [0.15, 0.2) is 0 Å². The number of aromatic nitrogens is 2. The van der Waals surface area contributed by atoms with E-state index >= 15 is 0 Å². The maximum atomic E-state index is 14.0. The minimum Gasteiger partial charge on any atom is -0.366 e. The molecule has 0 spiro atoms. The smallest absolute Gasteiger partial charge is 0.366 e. The van der Waals surface area contributed by atoms with Gasteiger partial charge in [0.1, 0.15) is 0 Å². The number of benzene rings is 2. The first-order chi connectivity index (χ1) is 17.2. The van der Waals surface area contributed by atoms with Crippen LogP contribution < -0.4 is 4.31 Å². The molecule has 1 heterocycles. The van der Waals surface area contributed by atoms with Crippen LogP contribution in [-0.2, 0) is 22.2 Å². The third kappa shape index (κ3) is 6.53. The molecule has 0 radical (unpaired) electrons. The van der Waals surface area contributed by atoms with Crippen LogP contribution in [0.3, 0.4) is 0 Å². The van der Waals surface area contributed by atoms with Crippen LogP contribution >= 0.6 is 0 Å². The van der Waals surface area contributed by atoms with Gasteiger partial charge in [-0.3, -0.25) is 8.99 Å². The highest BCUT2D eigenvalue weighted by molar-refractivity contribution is 7.92. The van der Waals surface area contributed by atoms with Crippen molar-refractivity contribution in [2.75, 3.05) is 10.8 Å². The van der Waals surface area contributed by atoms with Gasteiger partial charge in [-0.25, -0.2) is 8.42 Å². The van der Waals surface area contributed by atoms with Crippen molar-refractivity contribution in [1.29, 1.82) is 0 Å². The van der Waals surface area contributed by atoms with E-state index in [4.69, 9.17) is 0 Å². The van der Waals surface area contributed by atoms with Crippen LogP contribution in [0.25, 0.3) is 0 Å². The fraction of sp³-hybridized carbons (Fsp3) is 0.370. The Morgan fingerprint density at radius 1 is 1.00 bits per heavy atom. The quantitative estimate of drug-likeness (QED) is 0.405. The maximum Gasteiger partial charge on any atom is 0.433 e. The summed E-state index contributed by atoms with van der Waals surface area (Å²) in [5, 5.41) is 14.8. The zero-order valence-corrected chi connectivity index (χ0v) is 21.9. The van der Waals surface area contributed by atoms with Crippen LogP contribution in [0.2, 0.25) is 0 Å². The predicted octanol–water partition coefficient (Wildman–Crippen LogP) is 5.19. The summed E-state index contributed by atoms with van der Waals surface area (Å²) in [6, 6.07) is 12.4. The van der Waals surface area contributed by atoms with Gasteiger partial charge in [-0.2, -0.15) is 18.3 Å². The number of anilines is 1. The van der Waals surface area contributed by atoms with Crippen LogP contribution in [-0.4, -0.2) is 36.0 Å². The van der Waals surface area contributed by atoms with Crippen LogP contribution in [0.15, 0.2) is 71.9 Å². The van der Waals surface area contributed by atoms with Crippen molar-refractivity contribution >= 4 is 15.7 Å². The third-order valence-electron chi connectivity index (χ3n) is 5.42. The van der Waals surface area contributed by atoms with Crippen molar-refractivity contribution in [1.82, 2.24) is 9.78 Å². The van der Waals surface area contributed by atoms with E-state index in [1.165, 1.54) is 36.7 Å². The molecular weight excluding hydrogens is 503 g/mol. The van der Waals surface area contributed by atoms with E-state index in [0.29, 0.717) is 6.54 Å². The molecule has 0 fully saturated rings. The Bertz CT molecular complexity index is 1360. The standard InChI is InChI=1S/C27H30F3N3O3S/c1-20(2)17-32-19-22(16-31-32)14-15-26(34,27(28,29)30)23-10-12-24(13-11-23)33(18-21(3)4)37(35,36)25-8-6-5-7-9-25/h5-13,16,19-21,34H,17-18H2,1-4H3. The number of hydrogen-bond donors (Lipinski definition) is 1. The van der Waals surface area contributed by atoms with Crippen molar-refractivity contribution in [3.63, 3.8) is 0 Å². The summed E-state index contributed by atoms with van der Waals surface area (Å²) < 4.78 is 71.4. The zero-order valence-electron chi connectivity index (χ0n) is 21.1. The van der Waals surface area contributed by atoms with E-state index in [0.717, 1.165) is 16.4 Å². The SMILES string of the molecule is CC(C)CN(c1ccc(C(O)(C#Cc2cnn(CC(C)C)c2)C(F)(F)F)cc1)S(=O)(=O)c1ccccc1. The number of hydrogen-bond acceptors (Lipinski definition) is 4. The van der Waals surface area contributed by atoms with Gasteiger partial charge in [0.05, 0.1) is 22.3 Å². The van der Waals surface area contributed by atoms with E-state index < -0.39 is 27.4 Å². The highest BCUT2D eigenvalue weighted by atomic mass is 32.2. The molecule has 0 saturated carbocycles. The number of aliphatic hydroxyl groups is 1. The second-order valence-electron chi connectivity index (χ2n) is 9.59. The topological polar surface area (TPSA) is 75.4 Å². The van der Waals surface area contributed by atoms with Gasteiger partial charge in [0.2, 0.25) is 5.60 Å². The number of sulfonamides is 1. The first-order valence-corrected chi connectivity index (χ1v) is 13.2. The predicted molar refractivity (Wildman–Crippen MR) is 136 cm³/mol. The number of rotatable bonds is 8. The lowest BCUT2D eigenvalue weighted by Crippen LogP contribution is -2.41. The van der Waals surface area contributed by atoms with Crippen LogP contribution in [0.1, 0.15) is 38.8 Å². The van der Waals surface area contributed by atoms with Crippen molar-refractivity contribution in [2.24, 2.45) is 11.8 Å². The Morgan fingerprint density at radius 3 is 2.16 bits per heavy atom. The average molecular weight is 534 g/mol. The molecule has 0 saturated heterocycles. The molecule has 10 heteroatoms. The summed E-state index contributed by atoms with van der Waals surface area (Å²) in [5.74, 6) is 4.57. The molecule has 2 aromatic carbocycles. The molecule has 1 N–H and O–H groups in total. The number of alkyl halides is 3. The second kappa shape index (κ2) is 11.0. The Balaban J connectivity index is 1.99. The third-order valence-corrected chi connectivity index (χ3v) is 7.23. The summed E-state index contributed by atoms with van der Waals surface area (Å²) in [6.45, 7) is 8.32. The Morgan fingerprint density at radius 2 is 1.62 bits per heavy atom. The van der Waals surface area contributed by atoms with Crippen molar-refractivity contribution in [3.05, 3.63) is 78.1 Å². The molecule has 3 rings (SSSR count). The zero-order chi connectivity index (χ0) is 27.4. The van der Waals surface area contributed by atoms with Gasteiger partial charge >= 0.3 is 6.18 Å². The highest BCUT2D eigenvalue weighted by Crippen LogP contribution is 2.39. The Hall–Kier alpha value is -3.29. The molecule has 0 aliphatic rings. The summed E-state index contributed by atoms with van der Waals surface area (Å²) in [6.07, 6.45) is -2.25. The fourth-order valence-electron chi connectivity index (χ4n) is 3.63. The summed E-state index contributed by atoms with van der Waals surface area (Å²) >= 11 is 0. The lowest BCUT2D eigenvalue weighted by atomic mass is 9.93. The number of halogens is 3. The van der Waals surface area contributed by atoms with Crippen LogP contribution in [0, 0.1) is 23.7 Å². The van der Waals surface area contributed by atoms with Crippen molar-refractivity contribution < 1.29 is 26.7 Å². The monoisotopic (exact) mass is 533 g/mol. The minimum absolute atomic E-state index is 0.0623. The lowest BCUT2D eigenvalue weighted by molar-refractivity contribution is -0.240. The molecular formula is C27H30F3N3O3S. The lowest BCUT2D eigenvalue weighted by Gasteiger charge is -2.28. The van der Waals surface area contributed by atoms with Crippen LogP contribution in [0.4, 0.5) is 18.9 Å². The molecule has 0 aliphatic heterocycles. The van der Waals surface area contributed by atoms with Crippen molar-refractivity contribution in [2.45, 2.75) is 50.9 Å². The van der Waals surface area contributed by atoms with E-state index in [2.05, 4.69) is 11.0 Å². The molecule has 3 aromatic rings. The van der Waals surface area contributed by atoms with E-state index in [9.17, 15) is 26.7 Å². The fourth-order valence-corrected chi connectivity index (χ4v) is 5.28. The van der Waals surface area contributed by atoms with Gasteiger partial charge in [-0.1, -0.05) is 63.9 Å². The first kappa shape index (κ1) is 28.3.